The van der Waals surface area contributed by atoms with E-state index < -0.39 is 24.2 Å². The first-order valence-corrected chi connectivity index (χ1v) is 3.54. The topological polar surface area (TPSA) is 55.1 Å². The average Bonchev–Trinajstić information content (AvgIpc) is 2.60. The lowest BCUT2D eigenvalue weighted by Gasteiger charge is -2.19. The Kier molecular flexibility index (Phi) is 2.16. The molecule has 0 heterocycles. The summed E-state index contributed by atoms with van der Waals surface area (Å²) in [6.45, 7) is 0. The molecule has 1 atom stereocenters. The largest absolute Gasteiger partial charge is 0.408 e. The summed E-state index contributed by atoms with van der Waals surface area (Å²) in [6, 6.07) is -2.88. The third-order valence-electron chi connectivity index (χ3n) is 1.74. The standard InChI is InChI=1S/C6H9F3N2O/c7-6(8,9)4(3-1-2-3)11-5(10)12/h3-4H,1-2H2,(H3,10,11,12). The molecule has 70 valence electrons. The molecule has 3 nitrogen and oxygen atoms in total. The molecule has 1 unspecified atom stereocenters. The highest BCUT2D eigenvalue weighted by Gasteiger charge is 2.49. The number of urea groups is 1. The highest BCUT2D eigenvalue weighted by atomic mass is 19.4. The van der Waals surface area contributed by atoms with Gasteiger partial charge in [-0.15, -0.1) is 0 Å². The summed E-state index contributed by atoms with van der Waals surface area (Å²) in [5.41, 5.74) is 4.61. The van der Waals surface area contributed by atoms with Crippen molar-refractivity contribution in [3.63, 3.8) is 0 Å². The Labute approximate surface area is 67.1 Å². The van der Waals surface area contributed by atoms with Crippen LogP contribution in [0.15, 0.2) is 0 Å². The van der Waals surface area contributed by atoms with Crippen LogP contribution in [0.5, 0.6) is 0 Å². The fourth-order valence-corrected chi connectivity index (χ4v) is 1.05. The molecule has 3 N–H and O–H groups in total. The van der Waals surface area contributed by atoms with Crippen LogP contribution in [0, 0.1) is 5.92 Å². The van der Waals surface area contributed by atoms with Crippen molar-refractivity contribution in [2.45, 2.75) is 25.1 Å². The molecular weight excluding hydrogens is 173 g/mol. The van der Waals surface area contributed by atoms with Crippen LogP contribution >= 0.6 is 0 Å². The SMILES string of the molecule is NC(=O)NC(C1CC1)C(F)(F)F. The van der Waals surface area contributed by atoms with Crippen molar-refractivity contribution in [3.8, 4) is 0 Å². The van der Waals surface area contributed by atoms with Gasteiger partial charge >= 0.3 is 12.2 Å². The second kappa shape index (κ2) is 2.84. The van der Waals surface area contributed by atoms with Crippen LogP contribution in [0.4, 0.5) is 18.0 Å². The first-order chi connectivity index (χ1) is 5.41. The monoisotopic (exact) mass is 182 g/mol. The average molecular weight is 182 g/mol. The van der Waals surface area contributed by atoms with Crippen molar-refractivity contribution in [3.05, 3.63) is 0 Å². The van der Waals surface area contributed by atoms with Gasteiger partial charge in [0.1, 0.15) is 6.04 Å². The Bertz CT molecular complexity index is 188. The molecule has 0 aromatic heterocycles. The number of nitrogens with two attached hydrogens (primary N) is 1. The predicted molar refractivity (Wildman–Crippen MR) is 35.3 cm³/mol. The van der Waals surface area contributed by atoms with Crippen LogP contribution in [0.2, 0.25) is 0 Å². The summed E-state index contributed by atoms with van der Waals surface area (Å²) in [6.07, 6.45) is -3.37. The lowest BCUT2D eigenvalue weighted by molar-refractivity contribution is -0.157. The molecule has 0 saturated heterocycles. The smallest absolute Gasteiger partial charge is 0.352 e. The highest BCUT2D eigenvalue weighted by molar-refractivity contribution is 5.72. The molecular formula is C6H9F3N2O. The Balaban J connectivity index is 2.54. The number of halogens is 3. The molecule has 1 rings (SSSR count). The number of alkyl halides is 3. The number of amides is 2. The van der Waals surface area contributed by atoms with Crippen LogP contribution in [0.1, 0.15) is 12.8 Å². The van der Waals surface area contributed by atoms with E-state index in [0.717, 1.165) is 0 Å². The summed E-state index contributed by atoms with van der Waals surface area (Å²) in [5.74, 6) is -0.475. The summed E-state index contributed by atoms with van der Waals surface area (Å²) < 4.78 is 36.3. The fraction of sp³-hybridized carbons (Fsp3) is 0.833. The molecule has 1 aliphatic rings. The zero-order valence-electron chi connectivity index (χ0n) is 6.19. The molecule has 0 aliphatic heterocycles. The zero-order chi connectivity index (χ0) is 9.35. The van der Waals surface area contributed by atoms with Crippen molar-refractivity contribution in [2.75, 3.05) is 0 Å². The molecule has 0 radical (unpaired) electrons. The van der Waals surface area contributed by atoms with Gasteiger partial charge in [-0.2, -0.15) is 13.2 Å². The van der Waals surface area contributed by atoms with Gasteiger partial charge in [0, 0.05) is 0 Å². The van der Waals surface area contributed by atoms with Crippen LogP contribution in [0.3, 0.4) is 0 Å². The van der Waals surface area contributed by atoms with Gasteiger partial charge in [-0.1, -0.05) is 0 Å². The molecule has 1 fully saturated rings. The quantitative estimate of drug-likeness (QED) is 0.657. The van der Waals surface area contributed by atoms with E-state index in [4.69, 9.17) is 0 Å². The van der Waals surface area contributed by atoms with Crippen LogP contribution in [-0.2, 0) is 0 Å². The maximum absolute atomic E-state index is 12.1. The minimum Gasteiger partial charge on any atom is -0.352 e. The van der Waals surface area contributed by atoms with E-state index in [9.17, 15) is 18.0 Å². The number of nitrogens with one attached hydrogen (secondary N) is 1. The van der Waals surface area contributed by atoms with E-state index in [-0.39, 0.29) is 0 Å². The lowest BCUT2D eigenvalue weighted by atomic mass is 10.2. The number of hydrogen-bond donors (Lipinski definition) is 2. The Morgan fingerprint density at radius 3 is 2.25 bits per heavy atom. The third-order valence-corrected chi connectivity index (χ3v) is 1.74. The van der Waals surface area contributed by atoms with Gasteiger partial charge < -0.3 is 11.1 Å². The highest BCUT2D eigenvalue weighted by Crippen LogP contribution is 2.39. The van der Waals surface area contributed by atoms with Crippen molar-refractivity contribution >= 4 is 6.03 Å². The van der Waals surface area contributed by atoms with Gasteiger partial charge in [-0.25, -0.2) is 4.79 Å². The molecule has 0 spiro atoms. The number of rotatable bonds is 2. The second-order valence-electron chi connectivity index (χ2n) is 2.87. The zero-order valence-corrected chi connectivity index (χ0v) is 6.19. The second-order valence-corrected chi connectivity index (χ2v) is 2.87. The fourth-order valence-electron chi connectivity index (χ4n) is 1.05. The van der Waals surface area contributed by atoms with E-state index in [0.29, 0.717) is 12.8 Å². The van der Waals surface area contributed by atoms with Gasteiger partial charge in [0.2, 0.25) is 0 Å². The first kappa shape index (κ1) is 9.15. The van der Waals surface area contributed by atoms with Gasteiger partial charge in [-0.05, 0) is 18.8 Å². The molecule has 1 aliphatic carbocycles. The summed E-state index contributed by atoms with van der Waals surface area (Å²) >= 11 is 0. The van der Waals surface area contributed by atoms with Gasteiger partial charge in [0.05, 0.1) is 0 Å². The van der Waals surface area contributed by atoms with E-state index in [1.807, 2.05) is 0 Å². The number of carbonyl (C=O) groups excluding carboxylic acids is 1. The van der Waals surface area contributed by atoms with Gasteiger partial charge in [0.25, 0.3) is 0 Å². The van der Waals surface area contributed by atoms with Crippen molar-refractivity contribution < 1.29 is 18.0 Å². The van der Waals surface area contributed by atoms with Crippen molar-refractivity contribution in [1.29, 1.82) is 0 Å². The lowest BCUT2D eigenvalue weighted by Crippen LogP contribution is -2.48. The van der Waals surface area contributed by atoms with E-state index >= 15 is 0 Å². The van der Waals surface area contributed by atoms with Gasteiger partial charge in [0.15, 0.2) is 0 Å². The Morgan fingerprint density at radius 1 is 1.50 bits per heavy atom. The molecule has 6 heteroatoms. The minimum absolute atomic E-state index is 0.475. The van der Waals surface area contributed by atoms with Crippen molar-refractivity contribution in [1.82, 2.24) is 5.32 Å². The molecule has 1 saturated carbocycles. The van der Waals surface area contributed by atoms with E-state index in [1.165, 1.54) is 0 Å². The minimum atomic E-state index is -4.38. The Morgan fingerprint density at radius 2 is 2.00 bits per heavy atom. The maximum Gasteiger partial charge on any atom is 0.408 e. The molecule has 2 amide bonds. The van der Waals surface area contributed by atoms with E-state index in [2.05, 4.69) is 5.73 Å². The van der Waals surface area contributed by atoms with Gasteiger partial charge in [-0.3, -0.25) is 0 Å². The maximum atomic E-state index is 12.1. The van der Waals surface area contributed by atoms with E-state index in [1.54, 1.807) is 5.32 Å². The molecule has 0 bridgehead atoms. The molecule has 12 heavy (non-hydrogen) atoms. The summed E-state index contributed by atoms with van der Waals surface area (Å²) in [7, 11) is 0. The first-order valence-electron chi connectivity index (χ1n) is 3.54. The normalized spacial score (nSPS) is 20.2. The predicted octanol–water partition coefficient (Wildman–Crippen LogP) is 0.996. The third kappa shape index (κ3) is 2.28. The number of carbonyl (C=O) groups is 1. The summed E-state index contributed by atoms with van der Waals surface area (Å²) in [4.78, 5) is 10.2. The Hall–Kier alpha value is -0.940. The van der Waals surface area contributed by atoms with Crippen LogP contribution in [0.25, 0.3) is 0 Å². The van der Waals surface area contributed by atoms with Crippen LogP contribution < -0.4 is 11.1 Å². The number of hydrogen-bond acceptors (Lipinski definition) is 1. The van der Waals surface area contributed by atoms with Crippen LogP contribution in [-0.4, -0.2) is 18.2 Å². The molecule has 0 aromatic carbocycles. The number of primary amides is 1. The molecule has 0 aromatic rings. The van der Waals surface area contributed by atoms with Crippen molar-refractivity contribution in [2.24, 2.45) is 11.7 Å². The summed E-state index contributed by atoms with van der Waals surface area (Å²) in [5, 5.41) is 1.70.